The highest BCUT2D eigenvalue weighted by molar-refractivity contribution is 6.08. The molecule has 3 rings (SSSR count). The first-order valence-electron chi connectivity index (χ1n) is 7.47. The summed E-state index contributed by atoms with van der Waals surface area (Å²) in [7, 11) is 0. The minimum absolute atomic E-state index is 0.143. The predicted octanol–water partition coefficient (Wildman–Crippen LogP) is 3.08. The van der Waals surface area contributed by atoms with E-state index in [1.165, 1.54) is 12.8 Å². The van der Waals surface area contributed by atoms with Crippen LogP contribution in [0.5, 0.6) is 0 Å². The molecule has 0 saturated heterocycles. The largest absolute Gasteiger partial charge is 0.352 e. The molecule has 0 aliphatic heterocycles. The van der Waals surface area contributed by atoms with Crippen molar-refractivity contribution >= 4 is 17.5 Å². The van der Waals surface area contributed by atoms with Crippen LogP contribution >= 0.6 is 0 Å². The molecule has 0 bridgehead atoms. The third kappa shape index (κ3) is 3.52. The molecule has 0 radical (unpaired) electrons. The Morgan fingerprint density at radius 3 is 2.32 bits per heavy atom. The zero-order valence-corrected chi connectivity index (χ0v) is 12.2. The van der Waals surface area contributed by atoms with Crippen LogP contribution in [0.2, 0.25) is 0 Å². The maximum absolute atomic E-state index is 12.3. The van der Waals surface area contributed by atoms with Crippen LogP contribution < -0.4 is 10.6 Å². The Morgan fingerprint density at radius 2 is 1.59 bits per heavy atom. The average Bonchev–Trinajstić information content (AvgIpc) is 3.38. The van der Waals surface area contributed by atoms with E-state index in [1.807, 2.05) is 18.2 Å². The summed E-state index contributed by atoms with van der Waals surface area (Å²) < 4.78 is 0. The standard InChI is InChI=1S/C18H18N2O2/c21-17(14-6-2-1-3-7-14)20-16-9-5-4-8-15(16)18(22)19-12-13-10-11-13/h1-9,13H,10-12H2,(H,19,22)(H,20,21). The molecule has 1 fully saturated rings. The third-order valence-electron chi connectivity index (χ3n) is 3.70. The van der Waals surface area contributed by atoms with Crippen LogP contribution in [0.4, 0.5) is 5.69 Å². The van der Waals surface area contributed by atoms with Crippen molar-refractivity contribution in [1.29, 1.82) is 0 Å². The highest BCUT2D eigenvalue weighted by atomic mass is 16.2. The van der Waals surface area contributed by atoms with Gasteiger partial charge >= 0.3 is 0 Å². The summed E-state index contributed by atoms with van der Waals surface area (Å²) in [4.78, 5) is 24.5. The quantitative estimate of drug-likeness (QED) is 0.890. The number of carbonyl (C=O) groups is 2. The van der Waals surface area contributed by atoms with Gasteiger partial charge in [-0.25, -0.2) is 0 Å². The molecule has 1 aliphatic rings. The number of nitrogens with one attached hydrogen (secondary N) is 2. The number of anilines is 1. The van der Waals surface area contributed by atoms with Gasteiger partial charge in [-0.05, 0) is 43.0 Å². The lowest BCUT2D eigenvalue weighted by Gasteiger charge is -2.11. The molecule has 4 nitrogen and oxygen atoms in total. The smallest absolute Gasteiger partial charge is 0.255 e. The Morgan fingerprint density at radius 1 is 0.909 bits per heavy atom. The van der Waals surface area contributed by atoms with Gasteiger partial charge in [0.25, 0.3) is 11.8 Å². The van der Waals surface area contributed by atoms with E-state index in [0.717, 1.165) is 0 Å². The molecule has 2 N–H and O–H groups in total. The number of hydrogen-bond acceptors (Lipinski definition) is 2. The van der Waals surface area contributed by atoms with E-state index in [-0.39, 0.29) is 11.8 Å². The van der Waals surface area contributed by atoms with Gasteiger partial charge < -0.3 is 10.6 Å². The van der Waals surface area contributed by atoms with Crippen molar-refractivity contribution in [3.63, 3.8) is 0 Å². The highest BCUT2D eigenvalue weighted by Gasteiger charge is 2.22. The van der Waals surface area contributed by atoms with Gasteiger partial charge in [0.1, 0.15) is 0 Å². The van der Waals surface area contributed by atoms with Crippen LogP contribution in [-0.4, -0.2) is 18.4 Å². The van der Waals surface area contributed by atoms with Gasteiger partial charge in [0, 0.05) is 12.1 Å². The van der Waals surface area contributed by atoms with E-state index in [2.05, 4.69) is 10.6 Å². The Labute approximate surface area is 129 Å². The maximum Gasteiger partial charge on any atom is 0.255 e. The molecule has 1 aliphatic carbocycles. The molecule has 4 heteroatoms. The van der Waals surface area contributed by atoms with Crippen LogP contribution in [0.25, 0.3) is 0 Å². The number of carbonyl (C=O) groups excluding carboxylic acids is 2. The zero-order chi connectivity index (χ0) is 15.4. The van der Waals surface area contributed by atoms with Gasteiger partial charge in [0.05, 0.1) is 11.3 Å². The van der Waals surface area contributed by atoms with Gasteiger partial charge in [-0.2, -0.15) is 0 Å². The van der Waals surface area contributed by atoms with Crippen molar-refractivity contribution in [3.05, 3.63) is 65.7 Å². The Balaban J connectivity index is 1.73. The molecule has 0 unspecified atom stereocenters. The van der Waals surface area contributed by atoms with E-state index in [1.54, 1.807) is 36.4 Å². The van der Waals surface area contributed by atoms with Crippen LogP contribution in [0, 0.1) is 5.92 Å². The second kappa shape index (κ2) is 6.43. The lowest BCUT2D eigenvalue weighted by Crippen LogP contribution is -2.27. The van der Waals surface area contributed by atoms with Crippen molar-refractivity contribution in [2.45, 2.75) is 12.8 Å². The molecule has 0 atom stereocenters. The second-order valence-corrected chi connectivity index (χ2v) is 5.52. The Bertz CT molecular complexity index is 678. The lowest BCUT2D eigenvalue weighted by atomic mass is 10.1. The van der Waals surface area contributed by atoms with E-state index in [9.17, 15) is 9.59 Å². The summed E-state index contributed by atoms with van der Waals surface area (Å²) in [5.41, 5.74) is 1.59. The SMILES string of the molecule is O=C(Nc1ccccc1C(=O)NCC1CC1)c1ccccc1. The van der Waals surface area contributed by atoms with Crippen LogP contribution in [0.3, 0.4) is 0 Å². The molecule has 112 valence electrons. The first-order valence-corrected chi connectivity index (χ1v) is 7.47. The first-order chi connectivity index (χ1) is 10.7. The zero-order valence-electron chi connectivity index (χ0n) is 12.2. The number of amides is 2. The van der Waals surface area contributed by atoms with Gasteiger partial charge in [0.15, 0.2) is 0 Å². The summed E-state index contributed by atoms with van der Waals surface area (Å²) in [5.74, 6) is 0.258. The lowest BCUT2D eigenvalue weighted by molar-refractivity contribution is 0.0952. The molecule has 2 amide bonds. The molecule has 0 aromatic heterocycles. The van der Waals surface area contributed by atoms with Gasteiger partial charge in [-0.15, -0.1) is 0 Å². The molecular formula is C18H18N2O2. The monoisotopic (exact) mass is 294 g/mol. The molecule has 0 spiro atoms. The van der Waals surface area contributed by atoms with Crippen molar-refractivity contribution in [1.82, 2.24) is 5.32 Å². The normalized spacial score (nSPS) is 13.5. The molecule has 1 saturated carbocycles. The average molecular weight is 294 g/mol. The number of rotatable bonds is 5. The maximum atomic E-state index is 12.3. The Kier molecular flexibility index (Phi) is 4.19. The predicted molar refractivity (Wildman–Crippen MR) is 85.9 cm³/mol. The van der Waals surface area contributed by atoms with Gasteiger partial charge in [-0.1, -0.05) is 30.3 Å². The van der Waals surface area contributed by atoms with Gasteiger partial charge in [-0.3, -0.25) is 9.59 Å². The molecule has 2 aromatic rings. The van der Waals surface area contributed by atoms with Crippen LogP contribution in [-0.2, 0) is 0 Å². The van der Waals surface area contributed by atoms with Crippen molar-refractivity contribution in [2.24, 2.45) is 5.92 Å². The summed E-state index contributed by atoms with van der Waals surface area (Å²) in [6.07, 6.45) is 2.37. The highest BCUT2D eigenvalue weighted by Crippen LogP contribution is 2.27. The van der Waals surface area contributed by atoms with E-state index < -0.39 is 0 Å². The fourth-order valence-electron chi connectivity index (χ4n) is 2.23. The molecule has 22 heavy (non-hydrogen) atoms. The minimum Gasteiger partial charge on any atom is -0.352 e. The molecule has 0 heterocycles. The summed E-state index contributed by atoms with van der Waals surface area (Å²) >= 11 is 0. The summed E-state index contributed by atoms with van der Waals surface area (Å²) in [5, 5.41) is 5.74. The molecular weight excluding hydrogens is 276 g/mol. The first kappa shape index (κ1) is 14.3. The van der Waals surface area contributed by atoms with E-state index in [0.29, 0.717) is 29.3 Å². The number of para-hydroxylation sites is 1. The fraction of sp³-hybridized carbons (Fsp3) is 0.222. The van der Waals surface area contributed by atoms with Crippen molar-refractivity contribution in [3.8, 4) is 0 Å². The van der Waals surface area contributed by atoms with Crippen molar-refractivity contribution < 1.29 is 9.59 Å². The van der Waals surface area contributed by atoms with Gasteiger partial charge in [0.2, 0.25) is 0 Å². The fourth-order valence-corrected chi connectivity index (χ4v) is 2.23. The van der Waals surface area contributed by atoms with Crippen LogP contribution in [0.15, 0.2) is 54.6 Å². The minimum atomic E-state index is -0.219. The number of benzene rings is 2. The summed E-state index contributed by atoms with van der Waals surface area (Å²) in [6.45, 7) is 0.708. The van der Waals surface area contributed by atoms with E-state index in [4.69, 9.17) is 0 Å². The Hall–Kier alpha value is -2.62. The van der Waals surface area contributed by atoms with E-state index >= 15 is 0 Å². The molecule has 2 aromatic carbocycles. The third-order valence-corrected chi connectivity index (χ3v) is 3.70. The topological polar surface area (TPSA) is 58.2 Å². The van der Waals surface area contributed by atoms with Crippen molar-refractivity contribution in [2.75, 3.05) is 11.9 Å². The van der Waals surface area contributed by atoms with Crippen LogP contribution in [0.1, 0.15) is 33.6 Å². The number of hydrogen-bond donors (Lipinski definition) is 2. The second-order valence-electron chi connectivity index (χ2n) is 5.52. The summed E-state index contributed by atoms with van der Waals surface area (Å²) in [6, 6.07) is 16.0.